The summed E-state index contributed by atoms with van der Waals surface area (Å²) in [6.07, 6.45) is 3.01. The lowest BCUT2D eigenvalue weighted by Crippen LogP contribution is -2.83. The number of rotatable bonds is 7. The van der Waals surface area contributed by atoms with Crippen LogP contribution in [0.2, 0.25) is 0 Å². The van der Waals surface area contributed by atoms with E-state index in [9.17, 15) is 19.7 Å². The molecule has 33 heavy (non-hydrogen) atoms. The van der Waals surface area contributed by atoms with Gasteiger partial charge in [-0.25, -0.2) is 19.6 Å². The fraction of sp³-hybridized carbons (Fsp3) is 0.250. The van der Waals surface area contributed by atoms with Crippen LogP contribution in [0.15, 0.2) is 48.3 Å². The molecule has 6 N–H and O–H groups in total. The van der Waals surface area contributed by atoms with Crippen molar-refractivity contribution in [1.29, 1.82) is 0 Å². The number of pyridine rings is 1. The number of phosphoric ester groups is 1. The molecule has 0 radical (unpaired) electrons. The number of nitrogens with zero attached hydrogens (tertiary/aromatic N) is 3. The Bertz CT molecular complexity index is 1180. The number of carbonyl (C=O) groups excluding carboxylic acids is 1. The molecule has 2 aliphatic rings. The number of phosphoric acid groups is 1. The summed E-state index contributed by atoms with van der Waals surface area (Å²) >= 11 is 0. The molecule has 2 aromatic rings. The van der Waals surface area contributed by atoms with Gasteiger partial charge in [0, 0.05) is 23.9 Å². The van der Waals surface area contributed by atoms with Gasteiger partial charge in [0.2, 0.25) is 0 Å². The summed E-state index contributed by atoms with van der Waals surface area (Å²) in [6.45, 7) is 1.47. The topological polar surface area (TPSA) is 170 Å². The van der Waals surface area contributed by atoms with Crippen molar-refractivity contribution in [2.45, 2.75) is 20.1 Å². The smallest absolute Gasteiger partial charge is 0.469 e. The SMILES string of the molecule is Cc1ncc(COP(=O)(O)O)c(CNC2=CC3CN(c4ccccc4)[NH+]=C3N(O)C2=O)c1O. The van der Waals surface area contributed by atoms with Crippen LogP contribution in [0.4, 0.5) is 5.69 Å². The molecule has 0 aliphatic carbocycles. The summed E-state index contributed by atoms with van der Waals surface area (Å²) in [6, 6.07) is 9.44. The number of nitrogens with one attached hydrogen (secondary N) is 2. The van der Waals surface area contributed by atoms with Crippen molar-refractivity contribution in [1.82, 2.24) is 15.4 Å². The van der Waals surface area contributed by atoms with Crippen molar-refractivity contribution < 1.29 is 39.1 Å². The number of aromatic nitrogens is 1. The number of anilines is 1. The molecule has 0 spiro atoms. The van der Waals surface area contributed by atoms with Crippen molar-refractivity contribution in [3.8, 4) is 5.75 Å². The molecular weight excluding hydrogens is 453 g/mol. The number of aromatic hydroxyl groups is 1. The van der Waals surface area contributed by atoms with E-state index in [0.29, 0.717) is 23.1 Å². The predicted octanol–water partition coefficient (Wildman–Crippen LogP) is -0.560. The number of para-hydroxylation sites is 1. The summed E-state index contributed by atoms with van der Waals surface area (Å²) in [5.41, 5.74) is 1.78. The summed E-state index contributed by atoms with van der Waals surface area (Å²) in [5, 5.41) is 29.1. The quantitative estimate of drug-likeness (QED) is 0.225. The van der Waals surface area contributed by atoms with E-state index in [0.717, 1.165) is 5.69 Å². The van der Waals surface area contributed by atoms with Gasteiger partial charge >= 0.3 is 19.6 Å². The van der Waals surface area contributed by atoms with Crippen LogP contribution >= 0.6 is 7.82 Å². The van der Waals surface area contributed by atoms with Gasteiger partial charge in [0.25, 0.3) is 0 Å². The lowest BCUT2D eigenvalue weighted by Gasteiger charge is -2.20. The highest BCUT2D eigenvalue weighted by Gasteiger charge is 2.45. The number of hydrazine groups is 1. The van der Waals surface area contributed by atoms with Crippen LogP contribution in [0, 0.1) is 12.8 Å². The van der Waals surface area contributed by atoms with E-state index in [1.807, 2.05) is 35.3 Å². The third-order valence-corrected chi connectivity index (χ3v) is 5.81. The Morgan fingerprint density at radius 3 is 2.73 bits per heavy atom. The van der Waals surface area contributed by atoms with Gasteiger partial charge in [0.05, 0.1) is 24.5 Å². The van der Waals surface area contributed by atoms with E-state index in [-0.39, 0.29) is 35.0 Å². The molecule has 3 heterocycles. The zero-order chi connectivity index (χ0) is 23.8. The van der Waals surface area contributed by atoms with Gasteiger partial charge in [-0.05, 0) is 30.2 Å². The van der Waals surface area contributed by atoms with E-state index < -0.39 is 20.3 Å². The Labute approximate surface area is 188 Å². The van der Waals surface area contributed by atoms with Crippen LogP contribution in [0.25, 0.3) is 0 Å². The standard InChI is InChI=1S/C20H22N5O7P/c1-12-18(26)16(14(8-21-12)11-32-33(29,30)31)9-22-17-7-13-10-24(15-5-3-2-4-6-15)23-19(13)25(28)20(17)27/h2-8,13,22,26,28H,9-11H2,1H3,(H2,29,30,31)/p+1. The van der Waals surface area contributed by atoms with Crippen LogP contribution in [-0.2, 0) is 27.0 Å². The summed E-state index contributed by atoms with van der Waals surface area (Å²) in [7, 11) is -4.73. The van der Waals surface area contributed by atoms with E-state index in [1.54, 1.807) is 13.0 Å². The molecule has 0 saturated heterocycles. The fourth-order valence-electron chi connectivity index (χ4n) is 3.64. The number of hydrazone groups is 1. The highest BCUT2D eigenvalue weighted by molar-refractivity contribution is 7.46. The monoisotopic (exact) mass is 476 g/mol. The van der Waals surface area contributed by atoms with Gasteiger partial charge in [0.1, 0.15) is 17.4 Å². The Balaban J connectivity index is 1.54. The Kier molecular flexibility index (Phi) is 6.19. The number of carbonyl (C=O) groups is 1. The van der Waals surface area contributed by atoms with E-state index in [2.05, 4.69) is 19.9 Å². The van der Waals surface area contributed by atoms with E-state index >= 15 is 0 Å². The molecule has 1 atom stereocenters. The van der Waals surface area contributed by atoms with Gasteiger partial charge in [-0.15, -0.1) is 0 Å². The minimum atomic E-state index is -4.73. The predicted molar refractivity (Wildman–Crippen MR) is 114 cm³/mol. The second-order valence-electron chi connectivity index (χ2n) is 7.56. The molecule has 12 nitrogen and oxygen atoms in total. The molecule has 0 fully saturated rings. The molecule has 174 valence electrons. The van der Waals surface area contributed by atoms with Crippen molar-refractivity contribution >= 4 is 25.3 Å². The fourth-order valence-corrected chi connectivity index (χ4v) is 3.94. The molecular formula is C20H23N5O7P+. The average molecular weight is 476 g/mol. The molecule has 13 heteroatoms. The first-order valence-electron chi connectivity index (χ1n) is 9.95. The van der Waals surface area contributed by atoms with Crippen LogP contribution in [0.1, 0.15) is 16.8 Å². The number of benzene rings is 1. The number of hydrogen-bond acceptors (Lipinski definition) is 8. The normalized spacial score (nSPS) is 18.2. The first-order chi connectivity index (χ1) is 15.6. The third kappa shape index (κ3) is 4.90. The largest absolute Gasteiger partial charge is 0.506 e. The van der Waals surface area contributed by atoms with Crippen molar-refractivity contribution in [3.05, 3.63) is 65.1 Å². The average Bonchev–Trinajstić information content (AvgIpc) is 3.21. The Hall–Kier alpha value is -3.28. The van der Waals surface area contributed by atoms with Crippen LogP contribution in [0.3, 0.4) is 0 Å². The molecule has 1 aromatic carbocycles. The molecule has 1 aromatic heterocycles. The first-order valence-corrected chi connectivity index (χ1v) is 11.5. The van der Waals surface area contributed by atoms with E-state index in [1.165, 1.54) is 6.20 Å². The second kappa shape index (κ2) is 8.93. The molecule has 4 rings (SSSR count). The third-order valence-electron chi connectivity index (χ3n) is 5.34. The number of aryl methyl sites for hydroxylation is 1. The minimum absolute atomic E-state index is 0.0711. The maximum absolute atomic E-state index is 12.7. The van der Waals surface area contributed by atoms with E-state index in [4.69, 9.17) is 9.79 Å². The molecule has 0 bridgehead atoms. The summed E-state index contributed by atoms with van der Waals surface area (Å²) in [5.74, 6) is -0.862. The maximum Gasteiger partial charge on any atom is 0.469 e. The van der Waals surface area contributed by atoms with Gasteiger partial charge in [-0.3, -0.25) is 9.51 Å². The highest BCUT2D eigenvalue weighted by Crippen LogP contribution is 2.38. The first kappa shape index (κ1) is 22.9. The molecule has 2 aliphatic heterocycles. The van der Waals surface area contributed by atoms with Crippen LogP contribution in [-0.4, -0.2) is 48.4 Å². The number of hydrogen-bond donors (Lipinski definition) is 6. The lowest BCUT2D eigenvalue weighted by molar-refractivity contribution is -0.471. The number of hydroxylamine groups is 2. The van der Waals surface area contributed by atoms with Crippen molar-refractivity contribution in [3.63, 3.8) is 0 Å². The van der Waals surface area contributed by atoms with Crippen LogP contribution in [0.5, 0.6) is 5.75 Å². The lowest BCUT2D eigenvalue weighted by atomic mass is 10.0. The van der Waals surface area contributed by atoms with Gasteiger partial charge in [-0.2, -0.15) is 5.10 Å². The Morgan fingerprint density at radius 1 is 1.30 bits per heavy atom. The van der Waals surface area contributed by atoms with Crippen molar-refractivity contribution in [2.75, 3.05) is 11.6 Å². The summed E-state index contributed by atoms with van der Waals surface area (Å²) < 4.78 is 15.6. The zero-order valence-corrected chi connectivity index (χ0v) is 18.4. The number of amides is 1. The molecule has 1 unspecified atom stereocenters. The Morgan fingerprint density at radius 2 is 2.03 bits per heavy atom. The number of amidine groups is 1. The van der Waals surface area contributed by atoms with Gasteiger partial charge in [-0.1, -0.05) is 18.2 Å². The van der Waals surface area contributed by atoms with Crippen LogP contribution < -0.4 is 15.4 Å². The van der Waals surface area contributed by atoms with Crippen molar-refractivity contribution in [2.24, 2.45) is 5.92 Å². The molecule has 1 amide bonds. The minimum Gasteiger partial charge on any atom is -0.506 e. The van der Waals surface area contributed by atoms with Gasteiger partial charge < -0.3 is 20.2 Å². The summed E-state index contributed by atoms with van der Waals surface area (Å²) in [4.78, 5) is 34.6. The molecule has 0 saturated carbocycles. The second-order valence-corrected chi connectivity index (χ2v) is 8.80. The zero-order valence-electron chi connectivity index (χ0n) is 17.5. The maximum atomic E-state index is 12.7. The van der Waals surface area contributed by atoms with Gasteiger partial charge in [0.15, 0.2) is 0 Å². The highest BCUT2D eigenvalue weighted by atomic mass is 31.2. The number of fused-ring (bicyclic) bond motifs is 1.